The molecule has 86 valence electrons. The van der Waals surface area contributed by atoms with Gasteiger partial charge in [-0.1, -0.05) is 42.5 Å². The van der Waals surface area contributed by atoms with Crippen LogP contribution in [0, 0.1) is 0 Å². The van der Waals surface area contributed by atoms with Gasteiger partial charge in [-0.25, -0.2) is 0 Å². The van der Waals surface area contributed by atoms with E-state index >= 15 is 0 Å². The van der Waals surface area contributed by atoms with Crippen molar-refractivity contribution < 1.29 is 4.79 Å². The minimum Gasteiger partial charge on any atom is -0.276 e. The second kappa shape index (κ2) is 5.89. The van der Waals surface area contributed by atoms with Crippen molar-refractivity contribution in [1.82, 2.24) is 0 Å². The molecule has 1 nitrogen and oxygen atoms in total. The molecule has 17 heavy (non-hydrogen) atoms. The third-order valence-corrected chi connectivity index (χ3v) is 3.68. The van der Waals surface area contributed by atoms with Gasteiger partial charge in [-0.05, 0) is 29.3 Å². The molecule has 0 spiro atoms. The monoisotopic (exact) mass is 262 g/mol. The Bertz CT molecular complexity index is 511. The van der Waals surface area contributed by atoms with Crippen molar-refractivity contribution in [2.24, 2.45) is 0 Å². The van der Waals surface area contributed by atoms with Gasteiger partial charge in [0.2, 0.25) is 0 Å². The maximum atomic E-state index is 11.2. The fourth-order valence-electron chi connectivity index (χ4n) is 1.49. The first-order valence-corrected chi connectivity index (χ1v) is 6.59. The van der Waals surface area contributed by atoms with Crippen LogP contribution in [0.2, 0.25) is 0 Å². The lowest BCUT2D eigenvalue weighted by atomic mass is 10.2. The molecular formula is C14H11ClOS. The summed E-state index contributed by atoms with van der Waals surface area (Å²) in [6.45, 7) is 0. The van der Waals surface area contributed by atoms with Crippen molar-refractivity contribution in [3.05, 3.63) is 65.7 Å². The minimum absolute atomic E-state index is 0.402. The summed E-state index contributed by atoms with van der Waals surface area (Å²) >= 11 is 7.16. The highest BCUT2D eigenvalue weighted by Crippen LogP contribution is 2.27. The lowest BCUT2D eigenvalue weighted by molar-refractivity contribution is 0.107. The highest BCUT2D eigenvalue weighted by atomic mass is 35.5. The molecule has 2 aromatic carbocycles. The first-order valence-electron chi connectivity index (χ1n) is 5.23. The number of hydrogen-bond acceptors (Lipinski definition) is 2. The molecule has 2 rings (SSSR count). The van der Waals surface area contributed by atoms with E-state index in [0.717, 1.165) is 10.6 Å². The number of carbonyl (C=O) groups is 1. The highest BCUT2D eigenvalue weighted by molar-refractivity contribution is 7.98. The Hall–Kier alpha value is -1.25. The van der Waals surface area contributed by atoms with Gasteiger partial charge in [0.25, 0.3) is 5.24 Å². The molecule has 0 aromatic heterocycles. The average Bonchev–Trinajstić information content (AvgIpc) is 2.38. The fraction of sp³-hybridized carbons (Fsp3) is 0.0714. The summed E-state index contributed by atoms with van der Waals surface area (Å²) in [7, 11) is 0. The Morgan fingerprint density at radius 3 is 2.35 bits per heavy atom. The number of rotatable bonds is 4. The lowest BCUT2D eigenvalue weighted by Crippen LogP contribution is -1.92. The molecule has 2 aromatic rings. The third-order valence-electron chi connectivity index (χ3n) is 2.34. The Kier molecular flexibility index (Phi) is 4.24. The van der Waals surface area contributed by atoms with E-state index in [4.69, 9.17) is 11.6 Å². The zero-order chi connectivity index (χ0) is 12.1. The third kappa shape index (κ3) is 3.35. The van der Waals surface area contributed by atoms with E-state index in [-0.39, 0.29) is 0 Å². The van der Waals surface area contributed by atoms with E-state index in [1.807, 2.05) is 36.4 Å². The van der Waals surface area contributed by atoms with Gasteiger partial charge < -0.3 is 0 Å². The quantitative estimate of drug-likeness (QED) is 0.602. The zero-order valence-electron chi connectivity index (χ0n) is 9.10. The summed E-state index contributed by atoms with van der Waals surface area (Å²) in [5, 5.41) is -0.402. The molecule has 0 unspecified atom stereocenters. The Balaban J connectivity index is 2.12. The molecule has 0 atom stereocenters. The van der Waals surface area contributed by atoms with Crippen LogP contribution in [0.25, 0.3) is 0 Å². The van der Waals surface area contributed by atoms with E-state index < -0.39 is 5.24 Å². The van der Waals surface area contributed by atoms with Gasteiger partial charge in [-0.3, -0.25) is 4.79 Å². The maximum absolute atomic E-state index is 11.2. The van der Waals surface area contributed by atoms with Crippen LogP contribution in [0.4, 0.5) is 0 Å². The molecule has 0 aliphatic carbocycles. The van der Waals surface area contributed by atoms with Crippen molar-refractivity contribution in [2.45, 2.75) is 10.6 Å². The predicted molar refractivity (Wildman–Crippen MR) is 72.6 cm³/mol. The molecule has 0 heterocycles. The SMILES string of the molecule is O=C(Cl)c1ccccc1SCc1ccccc1. The normalized spacial score (nSPS) is 10.2. The van der Waals surface area contributed by atoms with E-state index in [9.17, 15) is 4.79 Å². The second-order valence-corrected chi connectivity index (χ2v) is 4.90. The van der Waals surface area contributed by atoms with E-state index in [1.54, 1.807) is 17.8 Å². The number of thioether (sulfide) groups is 1. The number of benzene rings is 2. The van der Waals surface area contributed by atoms with E-state index in [2.05, 4.69) is 12.1 Å². The minimum atomic E-state index is -0.402. The van der Waals surface area contributed by atoms with Crippen LogP contribution in [0.3, 0.4) is 0 Å². The van der Waals surface area contributed by atoms with Crippen LogP contribution in [0.5, 0.6) is 0 Å². The molecular weight excluding hydrogens is 252 g/mol. The van der Waals surface area contributed by atoms with Crippen LogP contribution in [0.15, 0.2) is 59.5 Å². The Morgan fingerprint density at radius 2 is 1.65 bits per heavy atom. The van der Waals surface area contributed by atoms with Gasteiger partial charge in [0, 0.05) is 16.2 Å². The van der Waals surface area contributed by atoms with Gasteiger partial charge in [0.1, 0.15) is 0 Å². The van der Waals surface area contributed by atoms with Crippen LogP contribution in [-0.2, 0) is 5.75 Å². The summed E-state index contributed by atoms with van der Waals surface area (Å²) in [5.41, 5.74) is 1.81. The topological polar surface area (TPSA) is 17.1 Å². The first kappa shape index (κ1) is 12.2. The molecule has 0 fully saturated rings. The largest absolute Gasteiger partial charge is 0.276 e. The molecule has 0 radical (unpaired) electrons. The number of halogens is 1. The van der Waals surface area contributed by atoms with Crippen LogP contribution >= 0.6 is 23.4 Å². The van der Waals surface area contributed by atoms with Gasteiger partial charge in [0.15, 0.2) is 0 Å². The zero-order valence-corrected chi connectivity index (χ0v) is 10.7. The van der Waals surface area contributed by atoms with Crippen molar-refractivity contribution in [1.29, 1.82) is 0 Å². The van der Waals surface area contributed by atoms with E-state index in [0.29, 0.717) is 5.56 Å². The van der Waals surface area contributed by atoms with Crippen molar-refractivity contribution in [2.75, 3.05) is 0 Å². The number of carbonyl (C=O) groups excluding carboxylic acids is 1. The molecule has 3 heteroatoms. The molecule has 0 amide bonds. The fourth-order valence-corrected chi connectivity index (χ4v) is 2.72. The van der Waals surface area contributed by atoms with Gasteiger partial charge in [-0.15, -0.1) is 11.8 Å². The second-order valence-electron chi connectivity index (χ2n) is 3.54. The summed E-state index contributed by atoms with van der Waals surface area (Å²) in [4.78, 5) is 12.2. The Labute approximate surface area is 110 Å². The highest BCUT2D eigenvalue weighted by Gasteiger charge is 2.08. The van der Waals surface area contributed by atoms with Gasteiger partial charge in [0.05, 0.1) is 0 Å². The molecule has 0 N–H and O–H groups in total. The molecule has 0 bridgehead atoms. The van der Waals surface area contributed by atoms with Gasteiger partial charge in [-0.2, -0.15) is 0 Å². The molecule has 0 saturated carbocycles. The lowest BCUT2D eigenvalue weighted by Gasteiger charge is -2.05. The summed E-state index contributed by atoms with van der Waals surface area (Å²) in [6, 6.07) is 17.5. The summed E-state index contributed by atoms with van der Waals surface area (Å²) < 4.78 is 0. The smallest absolute Gasteiger partial charge is 0.253 e. The maximum Gasteiger partial charge on any atom is 0.253 e. The number of hydrogen-bond donors (Lipinski definition) is 0. The molecule has 0 saturated heterocycles. The van der Waals surface area contributed by atoms with Gasteiger partial charge >= 0.3 is 0 Å². The van der Waals surface area contributed by atoms with Crippen LogP contribution < -0.4 is 0 Å². The summed E-state index contributed by atoms with van der Waals surface area (Å²) in [6.07, 6.45) is 0. The predicted octanol–water partition coefficient (Wildman–Crippen LogP) is 4.36. The first-order chi connectivity index (χ1) is 8.27. The van der Waals surface area contributed by atoms with Crippen LogP contribution in [-0.4, -0.2) is 5.24 Å². The standard InChI is InChI=1S/C14H11ClOS/c15-14(16)12-8-4-5-9-13(12)17-10-11-6-2-1-3-7-11/h1-9H,10H2. The van der Waals surface area contributed by atoms with E-state index in [1.165, 1.54) is 5.56 Å². The van der Waals surface area contributed by atoms with Crippen molar-refractivity contribution in [3.63, 3.8) is 0 Å². The Morgan fingerprint density at radius 1 is 1.00 bits per heavy atom. The average molecular weight is 263 g/mol. The summed E-state index contributed by atoms with van der Waals surface area (Å²) in [5.74, 6) is 0.835. The van der Waals surface area contributed by atoms with Crippen LogP contribution in [0.1, 0.15) is 15.9 Å². The van der Waals surface area contributed by atoms with Crippen molar-refractivity contribution in [3.8, 4) is 0 Å². The molecule has 0 aliphatic rings. The molecule has 0 aliphatic heterocycles. The van der Waals surface area contributed by atoms with Crippen molar-refractivity contribution >= 4 is 28.6 Å².